The summed E-state index contributed by atoms with van der Waals surface area (Å²) in [5, 5.41) is 0. The summed E-state index contributed by atoms with van der Waals surface area (Å²) < 4.78 is 10.6. The molecule has 1 atom stereocenters. The van der Waals surface area contributed by atoms with Crippen LogP contribution in [0.5, 0.6) is 0 Å². The predicted octanol–water partition coefficient (Wildman–Crippen LogP) is 3.60. The van der Waals surface area contributed by atoms with Gasteiger partial charge in [0.25, 0.3) is 0 Å². The summed E-state index contributed by atoms with van der Waals surface area (Å²) in [5.41, 5.74) is 0. The van der Waals surface area contributed by atoms with E-state index < -0.39 is 0 Å². The molecule has 0 aliphatic rings. The van der Waals surface area contributed by atoms with Crippen LogP contribution in [0.1, 0.15) is 52.4 Å². The largest absolute Gasteiger partial charge is 0.356 e. The molecule has 0 fully saturated rings. The third-order valence-electron chi connectivity index (χ3n) is 2.80. The van der Waals surface area contributed by atoms with E-state index in [2.05, 4.69) is 13.8 Å². The molecule has 0 aliphatic carbocycles. The van der Waals surface area contributed by atoms with E-state index in [1.165, 1.54) is 32.1 Å². The number of unbranched alkanes of at least 4 members (excludes halogenated alkanes) is 3. The predicted molar refractivity (Wildman–Crippen MR) is 60.3 cm³/mol. The zero-order valence-corrected chi connectivity index (χ0v) is 10.2. The lowest BCUT2D eigenvalue weighted by Gasteiger charge is -2.23. The van der Waals surface area contributed by atoms with Crippen molar-refractivity contribution in [2.45, 2.75) is 58.7 Å². The Balaban J connectivity index is 3.65. The lowest BCUT2D eigenvalue weighted by Crippen LogP contribution is -2.24. The van der Waals surface area contributed by atoms with Gasteiger partial charge in [0.2, 0.25) is 0 Å². The van der Waals surface area contributed by atoms with E-state index in [1.807, 2.05) is 0 Å². The van der Waals surface area contributed by atoms with Gasteiger partial charge in [-0.2, -0.15) is 0 Å². The molecule has 0 aromatic carbocycles. The fourth-order valence-corrected chi connectivity index (χ4v) is 1.85. The molecular formula is C12H26O2. The normalized spacial score (nSPS) is 13.5. The summed E-state index contributed by atoms with van der Waals surface area (Å²) in [6.07, 6.45) is 7.64. The van der Waals surface area contributed by atoms with Crippen LogP contribution in [0.25, 0.3) is 0 Å². The van der Waals surface area contributed by atoms with Crippen LogP contribution in [-0.4, -0.2) is 20.5 Å². The SMILES string of the molecule is CCCCCCC(CC)C(OC)OC. The second-order valence-electron chi connectivity index (χ2n) is 3.86. The molecule has 1 unspecified atom stereocenters. The first kappa shape index (κ1) is 13.9. The van der Waals surface area contributed by atoms with Gasteiger partial charge in [-0.05, 0) is 12.8 Å². The lowest BCUT2D eigenvalue weighted by atomic mass is 9.97. The van der Waals surface area contributed by atoms with Crippen molar-refractivity contribution in [3.63, 3.8) is 0 Å². The van der Waals surface area contributed by atoms with Crippen molar-refractivity contribution in [3.05, 3.63) is 0 Å². The van der Waals surface area contributed by atoms with Gasteiger partial charge >= 0.3 is 0 Å². The number of methoxy groups -OCH3 is 2. The van der Waals surface area contributed by atoms with Gasteiger partial charge in [-0.15, -0.1) is 0 Å². The first-order valence-corrected chi connectivity index (χ1v) is 5.85. The van der Waals surface area contributed by atoms with E-state index in [4.69, 9.17) is 9.47 Å². The molecular weight excluding hydrogens is 176 g/mol. The first-order chi connectivity index (χ1) is 6.79. The van der Waals surface area contributed by atoms with Gasteiger partial charge in [0.1, 0.15) is 0 Å². The molecule has 0 aromatic rings. The van der Waals surface area contributed by atoms with Crippen LogP contribution in [-0.2, 0) is 9.47 Å². The standard InChI is InChI=1S/C12H26O2/c1-5-7-8-9-10-11(6-2)12(13-3)14-4/h11-12H,5-10H2,1-4H3. The summed E-state index contributed by atoms with van der Waals surface area (Å²) >= 11 is 0. The maximum atomic E-state index is 5.29. The van der Waals surface area contributed by atoms with E-state index in [1.54, 1.807) is 14.2 Å². The molecule has 0 saturated carbocycles. The van der Waals surface area contributed by atoms with Crippen LogP contribution in [0, 0.1) is 5.92 Å². The minimum Gasteiger partial charge on any atom is -0.356 e. The highest BCUT2D eigenvalue weighted by Gasteiger charge is 2.17. The Hall–Kier alpha value is -0.0800. The molecule has 0 aromatic heterocycles. The van der Waals surface area contributed by atoms with Gasteiger partial charge in [-0.1, -0.05) is 39.5 Å². The van der Waals surface area contributed by atoms with Crippen LogP contribution < -0.4 is 0 Å². The van der Waals surface area contributed by atoms with E-state index in [-0.39, 0.29) is 6.29 Å². The van der Waals surface area contributed by atoms with Crippen LogP contribution >= 0.6 is 0 Å². The Bertz CT molecular complexity index is 111. The quantitative estimate of drug-likeness (QED) is 0.420. The van der Waals surface area contributed by atoms with E-state index >= 15 is 0 Å². The van der Waals surface area contributed by atoms with Crippen molar-refractivity contribution in [2.75, 3.05) is 14.2 Å². The fraction of sp³-hybridized carbons (Fsp3) is 1.00. The monoisotopic (exact) mass is 202 g/mol. The average molecular weight is 202 g/mol. The smallest absolute Gasteiger partial charge is 0.159 e. The van der Waals surface area contributed by atoms with Crippen molar-refractivity contribution < 1.29 is 9.47 Å². The second-order valence-corrected chi connectivity index (χ2v) is 3.86. The van der Waals surface area contributed by atoms with Crippen molar-refractivity contribution in [2.24, 2.45) is 5.92 Å². The second kappa shape index (κ2) is 9.47. The molecule has 14 heavy (non-hydrogen) atoms. The third kappa shape index (κ3) is 5.61. The van der Waals surface area contributed by atoms with Crippen LogP contribution in [0.2, 0.25) is 0 Å². The Labute approximate surface area is 89.0 Å². The van der Waals surface area contributed by atoms with Crippen LogP contribution in [0.15, 0.2) is 0 Å². The molecule has 2 heteroatoms. The summed E-state index contributed by atoms with van der Waals surface area (Å²) in [6.45, 7) is 4.44. The highest BCUT2D eigenvalue weighted by molar-refractivity contribution is 4.61. The van der Waals surface area contributed by atoms with Crippen molar-refractivity contribution in [3.8, 4) is 0 Å². The van der Waals surface area contributed by atoms with Crippen molar-refractivity contribution in [1.82, 2.24) is 0 Å². The first-order valence-electron chi connectivity index (χ1n) is 5.85. The topological polar surface area (TPSA) is 18.5 Å². The molecule has 0 amide bonds. The lowest BCUT2D eigenvalue weighted by molar-refractivity contribution is -0.139. The highest BCUT2D eigenvalue weighted by atomic mass is 16.7. The summed E-state index contributed by atoms with van der Waals surface area (Å²) in [6, 6.07) is 0. The molecule has 0 rings (SSSR count). The molecule has 0 aliphatic heterocycles. The minimum atomic E-state index is -0.0124. The molecule has 0 saturated heterocycles. The van der Waals surface area contributed by atoms with E-state index in [9.17, 15) is 0 Å². The zero-order chi connectivity index (χ0) is 10.8. The Morgan fingerprint density at radius 3 is 2.00 bits per heavy atom. The van der Waals surface area contributed by atoms with Gasteiger partial charge in [-0.3, -0.25) is 0 Å². The Morgan fingerprint density at radius 1 is 0.929 bits per heavy atom. The summed E-state index contributed by atoms with van der Waals surface area (Å²) in [4.78, 5) is 0. The van der Waals surface area contributed by atoms with Gasteiger partial charge in [0.15, 0.2) is 6.29 Å². The summed E-state index contributed by atoms with van der Waals surface area (Å²) in [7, 11) is 3.45. The third-order valence-corrected chi connectivity index (χ3v) is 2.80. The number of rotatable bonds is 9. The van der Waals surface area contributed by atoms with E-state index in [0.29, 0.717) is 5.92 Å². The molecule has 2 nitrogen and oxygen atoms in total. The molecule has 86 valence electrons. The molecule has 0 N–H and O–H groups in total. The zero-order valence-electron chi connectivity index (χ0n) is 10.2. The molecule has 0 radical (unpaired) electrons. The number of ether oxygens (including phenoxy) is 2. The van der Waals surface area contributed by atoms with Crippen molar-refractivity contribution in [1.29, 1.82) is 0 Å². The minimum absolute atomic E-state index is 0.0124. The Kier molecular flexibility index (Phi) is 9.42. The van der Waals surface area contributed by atoms with Gasteiger partial charge in [0.05, 0.1) is 0 Å². The Morgan fingerprint density at radius 2 is 1.57 bits per heavy atom. The molecule has 0 bridgehead atoms. The summed E-state index contributed by atoms with van der Waals surface area (Å²) in [5.74, 6) is 0.557. The maximum Gasteiger partial charge on any atom is 0.159 e. The number of hydrogen-bond donors (Lipinski definition) is 0. The average Bonchev–Trinajstić information content (AvgIpc) is 2.23. The molecule has 0 spiro atoms. The van der Waals surface area contributed by atoms with Gasteiger partial charge in [0, 0.05) is 20.1 Å². The fourth-order valence-electron chi connectivity index (χ4n) is 1.85. The van der Waals surface area contributed by atoms with Gasteiger partial charge in [-0.25, -0.2) is 0 Å². The maximum absolute atomic E-state index is 5.29. The van der Waals surface area contributed by atoms with Crippen LogP contribution in [0.3, 0.4) is 0 Å². The number of hydrogen-bond acceptors (Lipinski definition) is 2. The molecule has 0 heterocycles. The highest BCUT2D eigenvalue weighted by Crippen LogP contribution is 2.20. The van der Waals surface area contributed by atoms with Crippen molar-refractivity contribution >= 4 is 0 Å². The van der Waals surface area contributed by atoms with Gasteiger partial charge < -0.3 is 9.47 Å². The van der Waals surface area contributed by atoms with E-state index in [0.717, 1.165) is 6.42 Å². The van der Waals surface area contributed by atoms with Crippen LogP contribution in [0.4, 0.5) is 0 Å².